The molecule has 0 bridgehead atoms. The molecule has 200 valence electrons. The van der Waals surface area contributed by atoms with E-state index in [0.717, 1.165) is 12.8 Å². The number of hydrogen-bond donors (Lipinski definition) is 3. The van der Waals surface area contributed by atoms with E-state index in [1.807, 2.05) is 0 Å². The Hall–Kier alpha value is -0.970. The second-order valence-corrected chi connectivity index (χ2v) is 12.0. The van der Waals surface area contributed by atoms with Crippen molar-refractivity contribution in [1.29, 1.82) is 0 Å². The number of rotatable bonds is 18. The maximum Gasteiger partial charge on any atom is 0.249 e. The Morgan fingerprint density at radius 1 is 1.03 bits per heavy atom. The highest BCUT2D eigenvalue weighted by Crippen LogP contribution is 2.31. The van der Waals surface area contributed by atoms with Gasteiger partial charge in [0.1, 0.15) is 6.10 Å². The normalized spacial score (nSPS) is 14.0. The van der Waals surface area contributed by atoms with E-state index in [-0.39, 0.29) is 24.0 Å². The molecule has 0 aliphatic heterocycles. The quantitative estimate of drug-likeness (QED) is 0.177. The molecule has 12 heteroatoms. The number of carbonyl (C=O) groups is 3. The lowest BCUT2D eigenvalue weighted by molar-refractivity contribution is -0.343. The van der Waals surface area contributed by atoms with Crippen LogP contribution in [0.5, 0.6) is 0 Å². The van der Waals surface area contributed by atoms with Crippen LogP contribution in [-0.4, -0.2) is 53.6 Å². The molecule has 10 nitrogen and oxygen atoms in total. The van der Waals surface area contributed by atoms with E-state index in [1.54, 1.807) is 0 Å². The minimum absolute atomic E-state index is 0.0295. The fourth-order valence-corrected chi connectivity index (χ4v) is 4.16. The van der Waals surface area contributed by atoms with Gasteiger partial charge in [0.15, 0.2) is 5.12 Å². The number of phosphoric acid groups is 1. The molecule has 0 radical (unpaired) electrons. The summed E-state index contributed by atoms with van der Waals surface area (Å²) in [6.07, 6.45) is 3.26. The van der Waals surface area contributed by atoms with Gasteiger partial charge in [0.2, 0.25) is 11.8 Å². The maximum absolute atomic E-state index is 12.0. The van der Waals surface area contributed by atoms with Gasteiger partial charge in [-0.3, -0.25) is 14.4 Å². The molecule has 0 aliphatic carbocycles. The standard InChI is InChI=1S/C22H43N2O8PS/c1-16(2)7-6-8-17(3)9-10-19(26)34-14-13-23-18(25)11-12-24-21(28)20(27)22(4,5)15-32-33(29,30)31/h16-17,20,27H,6-15H2,1-5H3,(H,23,25)(H,24,28)(H2,29,30,31)/p-2/t17?,20-/m0/s1. The summed E-state index contributed by atoms with van der Waals surface area (Å²) in [4.78, 5) is 57.0. The molecular formula is C22H41N2O8PS-2. The average molecular weight is 525 g/mol. The van der Waals surface area contributed by atoms with Crippen molar-refractivity contribution in [3.63, 3.8) is 0 Å². The molecule has 0 heterocycles. The summed E-state index contributed by atoms with van der Waals surface area (Å²) in [7, 11) is -5.22. The van der Waals surface area contributed by atoms with Crippen LogP contribution in [0.15, 0.2) is 0 Å². The fourth-order valence-electron chi connectivity index (χ4n) is 2.97. The first-order valence-corrected chi connectivity index (χ1v) is 14.1. The number of amides is 2. The van der Waals surface area contributed by atoms with Gasteiger partial charge >= 0.3 is 0 Å². The molecule has 0 fully saturated rings. The fraction of sp³-hybridized carbons (Fsp3) is 0.864. The van der Waals surface area contributed by atoms with Gasteiger partial charge < -0.3 is 34.6 Å². The molecule has 34 heavy (non-hydrogen) atoms. The molecule has 2 amide bonds. The third-order valence-corrected chi connectivity index (χ3v) is 6.62. The second-order valence-electron chi connectivity index (χ2n) is 9.69. The molecule has 1 unspecified atom stereocenters. The number of aliphatic hydroxyl groups is 1. The summed E-state index contributed by atoms with van der Waals surface area (Å²) in [5.41, 5.74) is -1.33. The van der Waals surface area contributed by atoms with Crippen LogP contribution in [-0.2, 0) is 23.5 Å². The van der Waals surface area contributed by atoms with Gasteiger partial charge in [-0.15, -0.1) is 0 Å². The van der Waals surface area contributed by atoms with E-state index in [2.05, 4.69) is 35.9 Å². The smallest absolute Gasteiger partial charge is 0.249 e. The number of hydrogen-bond acceptors (Lipinski definition) is 9. The Kier molecular flexibility index (Phi) is 16.2. The van der Waals surface area contributed by atoms with Crippen LogP contribution in [0.25, 0.3) is 0 Å². The van der Waals surface area contributed by atoms with Crippen LogP contribution in [0.3, 0.4) is 0 Å². The van der Waals surface area contributed by atoms with Crippen molar-refractivity contribution >= 4 is 36.5 Å². The molecule has 0 aliphatic rings. The summed E-state index contributed by atoms with van der Waals surface area (Å²) >= 11 is 1.20. The van der Waals surface area contributed by atoms with Crippen molar-refractivity contribution in [2.24, 2.45) is 17.3 Å². The average Bonchev–Trinajstić information content (AvgIpc) is 2.72. The van der Waals surface area contributed by atoms with Gasteiger partial charge in [-0.2, -0.15) is 0 Å². The molecule has 3 N–H and O–H groups in total. The lowest BCUT2D eigenvalue weighted by Gasteiger charge is -2.35. The van der Waals surface area contributed by atoms with Gasteiger partial charge in [0.25, 0.3) is 0 Å². The zero-order valence-electron chi connectivity index (χ0n) is 21.0. The minimum Gasteiger partial charge on any atom is -0.790 e. The first kappa shape index (κ1) is 33.0. The van der Waals surface area contributed by atoms with Crippen LogP contribution in [0.1, 0.15) is 73.1 Å². The Morgan fingerprint density at radius 3 is 2.26 bits per heavy atom. The van der Waals surface area contributed by atoms with Gasteiger partial charge in [-0.05, 0) is 18.3 Å². The van der Waals surface area contributed by atoms with Crippen LogP contribution >= 0.6 is 19.6 Å². The van der Waals surface area contributed by atoms with E-state index >= 15 is 0 Å². The van der Waals surface area contributed by atoms with Crippen LogP contribution in [0.4, 0.5) is 0 Å². The molecular weight excluding hydrogens is 483 g/mol. The summed E-state index contributed by atoms with van der Waals surface area (Å²) in [5.74, 6) is 0.563. The molecule has 0 saturated carbocycles. The predicted octanol–water partition coefficient (Wildman–Crippen LogP) is 1.34. The van der Waals surface area contributed by atoms with Crippen molar-refractivity contribution in [2.75, 3.05) is 25.4 Å². The van der Waals surface area contributed by atoms with E-state index < -0.39 is 31.9 Å². The number of nitrogens with one attached hydrogen (secondary N) is 2. The molecule has 0 aromatic heterocycles. The maximum atomic E-state index is 12.0. The second kappa shape index (κ2) is 16.7. The zero-order chi connectivity index (χ0) is 26.4. The largest absolute Gasteiger partial charge is 0.790 e. The van der Waals surface area contributed by atoms with E-state index in [1.165, 1.54) is 38.5 Å². The monoisotopic (exact) mass is 524 g/mol. The van der Waals surface area contributed by atoms with Gasteiger partial charge in [-0.25, -0.2) is 0 Å². The summed E-state index contributed by atoms with van der Waals surface area (Å²) in [6, 6.07) is 0. The van der Waals surface area contributed by atoms with Crippen LogP contribution in [0.2, 0.25) is 0 Å². The van der Waals surface area contributed by atoms with E-state index in [0.29, 0.717) is 30.6 Å². The van der Waals surface area contributed by atoms with E-state index in [9.17, 15) is 33.8 Å². The summed E-state index contributed by atoms with van der Waals surface area (Å²) in [5, 5.41) is 15.2. The topological polar surface area (TPSA) is 168 Å². The number of aliphatic hydroxyl groups excluding tert-OH is 1. The SMILES string of the molecule is CC(C)CCCC(C)CCC(=O)SCCNC(=O)CCNC(=O)[C@H](O)C(C)(C)COP(=O)([O-])[O-]. The predicted molar refractivity (Wildman–Crippen MR) is 129 cm³/mol. The summed E-state index contributed by atoms with van der Waals surface area (Å²) < 4.78 is 14.7. The Morgan fingerprint density at radius 2 is 1.68 bits per heavy atom. The van der Waals surface area contributed by atoms with Crippen molar-refractivity contribution in [3.05, 3.63) is 0 Å². The van der Waals surface area contributed by atoms with Gasteiger partial charge in [0.05, 0.1) is 14.4 Å². The highest BCUT2D eigenvalue weighted by Gasteiger charge is 2.34. The van der Waals surface area contributed by atoms with Crippen molar-refractivity contribution in [2.45, 2.75) is 79.2 Å². The minimum atomic E-state index is -5.22. The summed E-state index contributed by atoms with van der Waals surface area (Å²) in [6.45, 7) is 8.95. The first-order chi connectivity index (χ1) is 15.6. The number of phosphoric ester groups is 1. The highest BCUT2D eigenvalue weighted by molar-refractivity contribution is 8.13. The molecule has 0 rings (SSSR count). The van der Waals surface area contributed by atoms with Gasteiger partial charge in [-0.1, -0.05) is 65.6 Å². The zero-order valence-corrected chi connectivity index (χ0v) is 22.7. The lowest BCUT2D eigenvalue weighted by Crippen LogP contribution is -2.46. The number of thioether (sulfide) groups is 1. The molecule has 0 aromatic rings. The molecule has 0 spiro atoms. The highest BCUT2D eigenvalue weighted by atomic mass is 32.2. The molecule has 0 saturated heterocycles. The van der Waals surface area contributed by atoms with Gasteiger partial charge in [0, 0.05) is 37.1 Å². The molecule has 2 atom stereocenters. The van der Waals surface area contributed by atoms with E-state index in [4.69, 9.17) is 0 Å². The third-order valence-electron chi connectivity index (χ3n) is 5.24. The Balaban J connectivity index is 3.97. The van der Waals surface area contributed by atoms with Crippen LogP contribution in [0, 0.1) is 17.3 Å². The Bertz CT molecular complexity index is 684. The Labute approximate surface area is 207 Å². The number of carbonyl (C=O) groups excluding carboxylic acids is 3. The van der Waals surface area contributed by atoms with Crippen molar-refractivity contribution < 1.29 is 38.4 Å². The van der Waals surface area contributed by atoms with Crippen LogP contribution < -0.4 is 20.4 Å². The molecule has 0 aromatic carbocycles. The third kappa shape index (κ3) is 17.5. The first-order valence-electron chi connectivity index (χ1n) is 11.7. The van der Waals surface area contributed by atoms with Crippen molar-refractivity contribution in [3.8, 4) is 0 Å². The lowest BCUT2D eigenvalue weighted by atomic mass is 9.87. The van der Waals surface area contributed by atoms with Crippen molar-refractivity contribution in [1.82, 2.24) is 10.6 Å².